The van der Waals surface area contributed by atoms with Gasteiger partial charge in [-0.3, -0.25) is 0 Å². The van der Waals surface area contributed by atoms with E-state index in [1.807, 2.05) is 0 Å². The first-order chi connectivity index (χ1) is 8.56. The molecule has 0 bridgehead atoms. The Morgan fingerprint density at radius 2 is 1.84 bits per heavy atom. The summed E-state index contributed by atoms with van der Waals surface area (Å²) in [6.07, 6.45) is 7.36. The molecule has 1 radical (unpaired) electrons. The third-order valence-corrected chi connectivity index (χ3v) is 4.60. The van der Waals surface area contributed by atoms with Gasteiger partial charge in [-0.1, -0.05) is 33.1 Å². The first-order valence-electron chi connectivity index (χ1n) is 7.32. The van der Waals surface area contributed by atoms with Crippen molar-refractivity contribution in [3.63, 3.8) is 0 Å². The predicted molar refractivity (Wildman–Crippen MR) is 80.0 cm³/mol. The van der Waals surface area contributed by atoms with E-state index in [9.17, 15) is 0 Å². The van der Waals surface area contributed by atoms with Crippen LogP contribution in [0.4, 0.5) is 0 Å². The summed E-state index contributed by atoms with van der Waals surface area (Å²) in [6.45, 7) is 8.17. The number of hydrogen-bond donors (Lipinski definition) is 1. The van der Waals surface area contributed by atoms with E-state index in [4.69, 9.17) is 9.63 Å². The average Bonchev–Trinajstić information content (AvgIpc) is 2.87. The zero-order chi connectivity index (χ0) is 13.5. The Bertz CT molecular complexity index is 228. The topological polar surface area (TPSA) is 29.5 Å². The Balaban J connectivity index is 0.000000331. The Morgan fingerprint density at radius 1 is 1.16 bits per heavy atom. The van der Waals surface area contributed by atoms with Gasteiger partial charge in [0.1, 0.15) is 0 Å². The Labute approximate surface area is 147 Å². The van der Waals surface area contributed by atoms with Crippen LogP contribution in [0.3, 0.4) is 0 Å². The molecule has 2 rings (SSSR count). The van der Waals surface area contributed by atoms with Gasteiger partial charge < -0.3 is 16.1 Å². The molecule has 111 valence electrons. The summed E-state index contributed by atoms with van der Waals surface area (Å²) in [7, 11) is 2.34. The first-order valence-corrected chi connectivity index (χ1v) is 7.79. The van der Waals surface area contributed by atoms with Crippen LogP contribution in [0.5, 0.6) is 0 Å². The van der Waals surface area contributed by atoms with Crippen molar-refractivity contribution in [1.29, 1.82) is 0 Å². The normalized spacial score (nSPS) is 37.4. The summed E-state index contributed by atoms with van der Waals surface area (Å²) >= 11 is 0. The van der Waals surface area contributed by atoms with E-state index < -0.39 is 0 Å². The third kappa shape index (κ3) is 7.86. The van der Waals surface area contributed by atoms with Crippen LogP contribution in [0.15, 0.2) is 0 Å². The summed E-state index contributed by atoms with van der Waals surface area (Å²) in [5.74, 6) is 3.92. The van der Waals surface area contributed by atoms with E-state index in [2.05, 4.69) is 36.7 Å². The van der Waals surface area contributed by atoms with Crippen LogP contribution in [-0.2, 0) is 37.2 Å². The molecule has 2 fully saturated rings. The van der Waals surface area contributed by atoms with Crippen LogP contribution < -0.4 is 0 Å². The molecule has 2 aliphatic rings. The maximum Gasteiger partial charge on any atom is 0.0532 e. The van der Waals surface area contributed by atoms with Gasteiger partial charge in [-0.25, -0.2) is 0 Å². The van der Waals surface area contributed by atoms with Gasteiger partial charge in [0.15, 0.2) is 0 Å². The minimum Gasteiger partial charge on any atom is -0.399 e. The molecule has 6 atom stereocenters. The molecule has 0 aromatic carbocycles. The van der Waals surface area contributed by atoms with Gasteiger partial charge in [0.05, 0.1) is 6.61 Å². The SMILES string of the molecule is CC1CC(C)C(COP)C1.CC1C[CH-]C(CO)C1.[Y]. The zero-order valence-corrected chi connectivity index (χ0v) is 16.7. The van der Waals surface area contributed by atoms with Crippen molar-refractivity contribution in [2.24, 2.45) is 29.6 Å². The molecule has 0 aliphatic heterocycles. The molecular formula is C15H30O2PY-. The van der Waals surface area contributed by atoms with Crippen LogP contribution in [0, 0.1) is 36.0 Å². The van der Waals surface area contributed by atoms with Crippen LogP contribution in [0.2, 0.25) is 0 Å². The van der Waals surface area contributed by atoms with Crippen molar-refractivity contribution in [3.05, 3.63) is 6.42 Å². The molecule has 2 aliphatic carbocycles. The molecule has 0 spiro atoms. The second kappa shape index (κ2) is 11.1. The summed E-state index contributed by atoms with van der Waals surface area (Å²) < 4.78 is 5.06. The molecule has 1 N–H and O–H groups in total. The summed E-state index contributed by atoms with van der Waals surface area (Å²) in [4.78, 5) is 0. The Kier molecular flexibility index (Phi) is 11.9. The zero-order valence-electron chi connectivity index (χ0n) is 12.7. The van der Waals surface area contributed by atoms with Gasteiger partial charge in [0.25, 0.3) is 0 Å². The van der Waals surface area contributed by atoms with Gasteiger partial charge in [0, 0.05) is 48.8 Å². The minimum absolute atomic E-state index is 0. The molecule has 19 heavy (non-hydrogen) atoms. The largest absolute Gasteiger partial charge is 0.399 e. The molecule has 4 heteroatoms. The van der Waals surface area contributed by atoms with Crippen LogP contribution in [-0.4, -0.2) is 18.3 Å². The van der Waals surface area contributed by atoms with Gasteiger partial charge >= 0.3 is 0 Å². The second-order valence-electron chi connectivity index (χ2n) is 6.40. The van der Waals surface area contributed by atoms with Crippen LogP contribution in [0.25, 0.3) is 0 Å². The predicted octanol–water partition coefficient (Wildman–Crippen LogP) is 3.70. The smallest absolute Gasteiger partial charge is 0.0532 e. The Hall–Kier alpha value is 1.45. The van der Waals surface area contributed by atoms with Gasteiger partial charge in [-0.2, -0.15) is 6.42 Å². The van der Waals surface area contributed by atoms with E-state index in [0.29, 0.717) is 12.5 Å². The van der Waals surface area contributed by atoms with Gasteiger partial charge in [-0.05, 0) is 30.6 Å². The molecule has 2 saturated carbocycles. The molecule has 0 heterocycles. The minimum atomic E-state index is 0. The second-order valence-corrected chi connectivity index (χ2v) is 6.74. The fraction of sp³-hybridized carbons (Fsp3) is 0.933. The summed E-state index contributed by atoms with van der Waals surface area (Å²) in [6, 6.07) is 0. The van der Waals surface area contributed by atoms with Gasteiger partial charge in [0.2, 0.25) is 0 Å². The monoisotopic (exact) mass is 362 g/mol. The van der Waals surface area contributed by atoms with Crippen molar-refractivity contribution >= 4 is 9.47 Å². The third-order valence-electron chi connectivity index (χ3n) is 4.41. The number of aliphatic hydroxyl groups is 1. The number of hydrogen-bond acceptors (Lipinski definition) is 2. The van der Waals surface area contributed by atoms with Crippen molar-refractivity contribution in [2.75, 3.05) is 13.2 Å². The quantitative estimate of drug-likeness (QED) is 0.613. The van der Waals surface area contributed by atoms with Crippen molar-refractivity contribution in [1.82, 2.24) is 0 Å². The van der Waals surface area contributed by atoms with E-state index in [1.54, 1.807) is 0 Å². The Morgan fingerprint density at radius 3 is 2.16 bits per heavy atom. The summed E-state index contributed by atoms with van der Waals surface area (Å²) in [5, 5.41) is 8.65. The van der Waals surface area contributed by atoms with Crippen molar-refractivity contribution in [3.8, 4) is 0 Å². The van der Waals surface area contributed by atoms with Crippen LogP contribution in [0.1, 0.15) is 46.5 Å². The molecule has 0 aromatic rings. The summed E-state index contributed by atoms with van der Waals surface area (Å²) in [5.41, 5.74) is 0. The molecule has 0 aromatic heterocycles. The number of rotatable bonds is 3. The first kappa shape index (κ1) is 20.5. The molecular weight excluding hydrogens is 332 g/mol. The van der Waals surface area contributed by atoms with E-state index in [-0.39, 0.29) is 32.7 Å². The molecule has 0 amide bonds. The maximum absolute atomic E-state index is 8.65. The molecule has 6 unspecified atom stereocenters. The van der Waals surface area contributed by atoms with Crippen LogP contribution >= 0.6 is 9.47 Å². The fourth-order valence-electron chi connectivity index (χ4n) is 3.31. The average molecular weight is 362 g/mol. The maximum atomic E-state index is 8.65. The molecule has 0 saturated heterocycles. The standard InChI is InChI=1S/C8H17OP.C7H13O.Y/c1-6-3-7(2)8(4-6)5-9-10;1-6-2-3-7(4-6)5-8;/h6-8H,3-5,10H2,1-2H3;3,6-8H,2,4-5H2,1H3;/q;-1;. The van der Waals surface area contributed by atoms with Crippen molar-refractivity contribution < 1.29 is 42.3 Å². The van der Waals surface area contributed by atoms with E-state index in [1.165, 1.54) is 25.7 Å². The van der Waals surface area contributed by atoms with Crippen molar-refractivity contribution in [2.45, 2.75) is 46.5 Å². The van der Waals surface area contributed by atoms with Gasteiger partial charge in [-0.15, -0.1) is 5.92 Å². The molecule has 2 nitrogen and oxygen atoms in total. The fourth-order valence-corrected chi connectivity index (χ4v) is 3.56. The van der Waals surface area contributed by atoms with E-state index >= 15 is 0 Å². The van der Waals surface area contributed by atoms with E-state index in [0.717, 1.165) is 30.3 Å². The number of aliphatic hydroxyl groups excluding tert-OH is 1.